The lowest BCUT2D eigenvalue weighted by atomic mass is 10.2. The molecule has 0 fully saturated rings. The number of benzene rings is 3. The summed E-state index contributed by atoms with van der Waals surface area (Å²) < 4.78 is 15.8. The molecule has 3 rings (SSSR count). The van der Waals surface area contributed by atoms with Gasteiger partial charge in [-0.15, -0.1) is 0 Å². The highest BCUT2D eigenvalue weighted by molar-refractivity contribution is 5.91. The van der Waals surface area contributed by atoms with Crippen LogP contribution < -0.4 is 19.6 Å². The third-order valence-electron chi connectivity index (χ3n) is 4.52. The highest BCUT2D eigenvalue weighted by Gasteiger charge is 2.20. The smallest absolute Gasteiger partial charge is 0.343 e. The van der Waals surface area contributed by atoms with E-state index in [2.05, 4.69) is 10.5 Å². The van der Waals surface area contributed by atoms with Crippen LogP contribution in [0.3, 0.4) is 0 Å². The maximum atomic E-state index is 12.3. The summed E-state index contributed by atoms with van der Waals surface area (Å²) in [5.74, 6) is -0.240. The van der Waals surface area contributed by atoms with Crippen molar-refractivity contribution in [3.05, 3.63) is 94.0 Å². The molecular weight excluding hydrogens is 442 g/mol. The molecule has 1 atom stereocenters. The average molecular weight is 463 g/mol. The summed E-state index contributed by atoms with van der Waals surface area (Å²) in [4.78, 5) is 35.0. The number of amides is 1. The molecule has 3 aromatic rings. The number of carbonyl (C=O) groups excluding carboxylic acids is 2. The fourth-order valence-electron chi connectivity index (χ4n) is 2.76. The number of nitro groups is 1. The van der Waals surface area contributed by atoms with Gasteiger partial charge in [0.15, 0.2) is 11.9 Å². The Labute approximate surface area is 194 Å². The normalized spacial score (nSPS) is 11.5. The molecule has 1 amide bonds. The fourth-order valence-corrected chi connectivity index (χ4v) is 2.76. The van der Waals surface area contributed by atoms with Gasteiger partial charge in [-0.1, -0.05) is 24.3 Å². The monoisotopic (exact) mass is 463 g/mol. The fraction of sp³-hybridized carbons (Fsp3) is 0.125. The van der Waals surface area contributed by atoms with Gasteiger partial charge in [0.2, 0.25) is 0 Å². The average Bonchev–Trinajstić information content (AvgIpc) is 2.84. The molecule has 0 aromatic heterocycles. The van der Waals surface area contributed by atoms with Crippen LogP contribution in [0.1, 0.15) is 22.8 Å². The first-order valence-electron chi connectivity index (χ1n) is 10.1. The van der Waals surface area contributed by atoms with Crippen LogP contribution in [0.5, 0.6) is 17.2 Å². The zero-order valence-corrected chi connectivity index (χ0v) is 18.3. The topological polar surface area (TPSA) is 129 Å². The lowest BCUT2D eigenvalue weighted by molar-refractivity contribution is -0.386. The van der Waals surface area contributed by atoms with Crippen LogP contribution in [0.2, 0.25) is 0 Å². The molecule has 0 aliphatic carbocycles. The van der Waals surface area contributed by atoms with Gasteiger partial charge < -0.3 is 14.2 Å². The Kier molecular flexibility index (Phi) is 7.90. The summed E-state index contributed by atoms with van der Waals surface area (Å²) in [5.41, 5.74) is 2.99. The van der Waals surface area contributed by atoms with E-state index < -0.39 is 22.9 Å². The number of methoxy groups -OCH3 is 1. The van der Waals surface area contributed by atoms with Crippen LogP contribution in [0.25, 0.3) is 0 Å². The van der Waals surface area contributed by atoms with E-state index in [-0.39, 0.29) is 11.4 Å². The van der Waals surface area contributed by atoms with Gasteiger partial charge in [-0.2, -0.15) is 5.10 Å². The SMILES string of the molecule is COc1ccc(C(=O)Oc2cccc(/C=N\NC(=O)[C@@H](C)Oc3ccccc3[N+](=O)[O-])c2)cc1. The van der Waals surface area contributed by atoms with Crippen LogP contribution in [-0.2, 0) is 4.79 Å². The first-order valence-corrected chi connectivity index (χ1v) is 10.1. The van der Waals surface area contributed by atoms with Gasteiger partial charge in [0.05, 0.1) is 23.8 Å². The number of nitrogens with one attached hydrogen (secondary N) is 1. The van der Waals surface area contributed by atoms with Gasteiger partial charge in [0.1, 0.15) is 11.5 Å². The van der Waals surface area contributed by atoms with Crippen molar-refractivity contribution in [3.63, 3.8) is 0 Å². The molecule has 10 nitrogen and oxygen atoms in total. The Bertz CT molecular complexity index is 1210. The number of nitro benzene ring substituents is 1. The second-order valence-electron chi connectivity index (χ2n) is 6.91. The van der Waals surface area contributed by atoms with E-state index >= 15 is 0 Å². The zero-order valence-electron chi connectivity index (χ0n) is 18.3. The van der Waals surface area contributed by atoms with Crippen LogP contribution in [0.4, 0.5) is 5.69 Å². The number of hydrogen-bond donors (Lipinski definition) is 1. The Hall–Kier alpha value is -4.73. The first-order chi connectivity index (χ1) is 16.4. The predicted molar refractivity (Wildman–Crippen MR) is 123 cm³/mol. The van der Waals surface area contributed by atoms with Crippen molar-refractivity contribution >= 4 is 23.8 Å². The summed E-state index contributed by atoms with van der Waals surface area (Å²) >= 11 is 0. The molecule has 0 heterocycles. The standard InChI is InChI=1S/C24H21N3O7/c1-16(33-22-9-4-3-8-21(22)27(30)31)23(28)26-25-15-17-6-5-7-20(14-17)34-24(29)18-10-12-19(32-2)13-11-18/h3-16H,1-2H3,(H,26,28)/b25-15-/t16-/m1/s1. The molecule has 0 bridgehead atoms. The van der Waals surface area contributed by atoms with E-state index in [1.807, 2.05) is 0 Å². The maximum Gasteiger partial charge on any atom is 0.343 e. The Morgan fingerprint density at radius 1 is 1.03 bits per heavy atom. The van der Waals surface area contributed by atoms with Gasteiger partial charge in [-0.05, 0) is 55.0 Å². The van der Waals surface area contributed by atoms with Gasteiger partial charge in [-0.3, -0.25) is 14.9 Å². The predicted octanol–water partition coefficient (Wildman–Crippen LogP) is 3.74. The number of ether oxygens (including phenoxy) is 3. The quantitative estimate of drug-likeness (QED) is 0.168. The number of hydrazone groups is 1. The summed E-state index contributed by atoms with van der Waals surface area (Å²) in [6.07, 6.45) is 0.329. The molecule has 1 N–H and O–H groups in total. The number of esters is 1. The number of carbonyl (C=O) groups is 2. The molecule has 0 radical (unpaired) electrons. The van der Waals surface area contributed by atoms with E-state index in [1.54, 1.807) is 54.6 Å². The van der Waals surface area contributed by atoms with E-state index in [1.165, 1.54) is 38.4 Å². The molecular formula is C24H21N3O7. The summed E-state index contributed by atoms with van der Waals surface area (Å²) in [7, 11) is 1.53. The number of para-hydroxylation sites is 2. The van der Waals surface area contributed by atoms with Crippen molar-refractivity contribution < 1.29 is 28.7 Å². The molecule has 0 aliphatic rings. The molecule has 0 unspecified atom stereocenters. The van der Waals surface area contributed by atoms with Crippen molar-refractivity contribution in [1.82, 2.24) is 5.43 Å². The molecule has 0 aliphatic heterocycles. The van der Waals surface area contributed by atoms with Crippen LogP contribution in [0, 0.1) is 10.1 Å². The third-order valence-corrected chi connectivity index (χ3v) is 4.52. The second-order valence-corrected chi connectivity index (χ2v) is 6.91. The molecule has 0 saturated heterocycles. The second kappa shape index (κ2) is 11.2. The van der Waals surface area contributed by atoms with Crippen molar-refractivity contribution in [3.8, 4) is 17.2 Å². The first kappa shape index (κ1) is 23.9. The van der Waals surface area contributed by atoms with Crippen LogP contribution in [0.15, 0.2) is 77.9 Å². The summed E-state index contributed by atoms with van der Waals surface area (Å²) in [6.45, 7) is 1.45. The molecule has 10 heteroatoms. The van der Waals surface area contributed by atoms with Crippen molar-refractivity contribution in [1.29, 1.82) is 0 Å². The van der Waals surface area contributed by atoms with E-state index in [0.717, 1.165) is 0 Å². The molecule has 3 aromatic carbocycles. The van der Waals surface area contributed by atoms with Crippen molar-refractivity contribution in [2.75, 3.05) is 7.11 Å². The number of hydrogen-bond acceptors (Lipinski definition) is 8. The zero-order chi connectivity index (χ0) is 24.5. The van der Waals surface area contributed by atoms with Gasteiger partial charge in [0.25, 0.3) is 5.91 Å². The third kappa shape index (κ3) is 6.39. The summed E-state index contributed by atoms with van der Waals surface area (Å²) in [5, 5.41) is 14.9. The largest absolute Gasteiger partial charge is 0.497 e. The minimum absolute atomic E-state index is 0.0227. The van der Waals surface area contributed by atoms with Crippen LogP contribution in [-0.4, -0.2) is 36.2 Å². The number of nitrogens with zero attached hydrogens (tertiary/aromatic N) is 2. The minimum atomic E-state index is -1.03. The van der Waals surface area contributed by atoms with Gasteiger partial charge >= 0.3 is 11.7 Å². The lowest BCUT2D eigenvalue weighted by Crippen LogP contribution is -2.33. The minimum Gasteiger partial charge on any atom is -0.497 e. The van der Waals surface area contributed by atoms with E-state index in [4.69, 9.17) is 14.2 Å². The van der Waals surface area contributed by atoms with Gasteiger partial charge in [-0.25, -0.2) is 10.2 Å². The highest BCUT2D eigenvalue weighted by atomic mass is 16.6. The summed E-state index contributed by atoms with van der Waals surface area (Å²) in [6, 6.07) is 18.8. The molecule has 174 valence electrons. The highest BCUT2D eigenvalue weighted by Crippen LogP contribution is 2.26. The van der Waals surface area contributed by atoms with Gasteiger partial charge in [0, 0.05) is 6.07 Å². The van der Waals surface area contributed by atoms with Crippen LogP contribution >= 0.6 is 0 Å². The van der Waals surface area contributed by atoms with Crippen molar-refractivity contribution in [2.45, 2.75) is 13.0 Å². The molecule has 0 spiro atoms. The molecule has 34 heavy (non-hydrogen) atoms. The Balaban J connectivity index is 1.57. The van der Waals surface area contributed by atoms with E-state index in [9.17, 15) is 19.7 Å². The molecule has 0 saturated carbocycles. The number of rotatable bonds is 9. The Morgan fingerprint density at radius 3 is 2.47 bits per heavy atom. The lowest BCUT2D eigenvalue weighted by Gasteiger charge is -2.12. The maximum absolute atomic E-state index is 12.3. The Morgan fingerprint density at radius 2 is 1.76 bits per heavy atom. The van der Waals surface area contributed by atoms with E-state index in [0.29, 0.717) is 22.6 Å². The van der Waals surface area contributed by atoms with Crippen molar-refractivity contribution in [2.24, 2.45) is 5.10 Å².